The van der Waals surface area contributed by atoms with Crippen molar-refractivity contribution in [2.75, 3.05) is 18.6 Å². The van der Waals surface area contributed by atoms with Gasteiger partial charge in [0.15, 0.2) is 18.1 Å². The second-order valence-corrected chi connectivity index (χ2v) is 4.62. The van der Waals surface area contributed by atoms with E-state index in [0.717, 1.165) is 0 Å². The Kier molecular flexibility index (Phi) is 4.32. The van der Waals surface area contributed by atoms with Crippen molar-refractivity contribution in [2.45, 2.75) is 26.0 Å². The number of methoxy groups -OCH3 is 1. The zero-order chi connectivity index (χ0) is 15.6. The van der Waals surface area contributed by atoms with Crippen LogP contribution in [-0.4, -0.2) is 41.8 Å². The molecule has 1 aromatic rings. The average molecular weight is 295 g/mol. The number of hydrogen-bond acceptors (Lipinski definition) is 5. The molecule has 0 radical (unpaired) electrons. The van der Waals surface area contributed by atoms with Gasteiger partial charge < -0.3 is 19.7 Å². The number of rotatable bonds is 5. The summed E-state index contributed by atoms with van der Waals surface area (Å²) in [5.74, 6) is -0.857. The molecule has 1 aliphatic rings. The Hall–Kier alpha value is -2.28. The van der Waals surface area contributed by atoms with Crippen molar-refractivity contribution in [2.24, 2.45) is 0 Å². The third-order valence-corrected chi connectivity index (χ3v) is 3.35. The molecule has 1 heterocycles. The van der Waals surface area contributed by atoms with Crippen LogP contribution >= 0.6 is 0 Å². The summed E-state index contributed by atoms with van der Waals surface area (Å²) in [7, 11) is 1.44. The Morgan fingerprint density at radius 1 is 1.52 bits per heavy atom. The normalized spacial score (nSPS) is 15.2. The predicted molar refractivity (Wildman–Crippen MR) is 73.6 cm³/mol. The summed E-state index contributed by atoms with van der Waals surface area (Å²) in [6.07, 6.45) is 0.256. The van der Waals surface area contributed by atoms with Gasteiger partial charge in [0.05, 0.1) is 19.4 Å². The lowest BCUT2D eigenvalue weighted by Gasteiger charge is -2.34. The van der Waals surface area contributed by atoms with Gasteiger partial charge in [0, 0.05) is 0 Å². The van der Waals surface area contributed by atoms with Crippen molar-refractivity contribution in [3.05, 3.63) is 17.7 Å². The standard InChI is InChI=1S/C14H17NO6/c1-3-9(14(18)19)15-10-4-8(6-16)5-11(20-2)13(10)21-7-12(15)17/h4-5,9,16H,3,6-7H2,1-2H3,(H,18,19). The first-order chi connectivity index (χ1) is 10.0. The van der Waals surface area contributed by atoms with Crippen LogP contribution in [0.1, 0.15) is 18.9 Å². The molecule has 0 spiro atoms. The first-order valence-corrected chi connectivity index (χ1v) is 6.52. The zero-order valence-electron chi connectivity index (χ0n) is 11.8. The second-order valence-electron chi connectivity index (χ2n) is 4.62. The van der Waals surface area contributed by atoms with Crippen LogP contribution in [-0.2, 0) is 16.2 Å². The smallest absolute Gasteiger partial charge is 0.326 e. The van der Waals surface area contributed by atoms with E-state index in [0.29, 0.717) is 22.7 Å². The number of aliphatic hydroxyl groups excluding tert-OH is 1. The maximum Gasteiger partial charge on any atom is 0.326 e. The highest BCUT2D eigenvalue weighted by Gasteiger charge is 2.36. The number of carbonyl (C=O) groups is 2. The molecule has 1 atom stereocenters. The maximum atomic E-state index is 12.1. The van der Waals surface area contributed by atoms with Crippen molar-refractivity contribution in [1.29, 1.82) is 0 Å². The van der Waals surface area contributed by atoms with Crippen LogP contribution in [0, 0.1) is 0 Å². The molecule has 2 N–H and O–H groups in total. The van der Waals surface area contributed by atoms with E-state index in [2.05, 4.69) is 0 Å². The molecule has 2 rings (SSSR count). The number of carboxylic acids is 1. The van der Waals surface area contributed by atoms with E-state index in [-0.39, 0.29) is 19.6 Å². The molecular formula is C14H17NO6. The number of carboxylic acid groups (broad SMARTS) is 1. The van der Waals surface area contributed by atoms with Crippen LogP contribution in [0.15, 0.2) is 12.1 Å². The van der Waals surface area contributed by atoms with Gasteiger partial charge in [0.1, 0.15) is 6.04 Å². The highest BCUT2D eigenvalue weighted by Crippen LogP contribution is 2.42. The number of carbonyl (C=O) groups excluding carboxylic acids is 1. The Morgan fingerprint density at radius 2 is 2.24 bits per heavy atom. The average Bonchev–Trinajstić information content (AvgIpc) is 2.48. The number of hydrogen-bond donors (Lipinski definition) is 2. The number of ether oxygens (including phenoxy) is 2. The molecule has 7 heteroatoms. The lowest BCUT2D eigenvalue weighted by molar-refractivity contribution is -0.140. The van der Waals surface area contributed by atoms with Gasteiger partial charge in [-0.2, -0.15) is 0 Å². The fourth-order valence-corrected chi connectivity index (χ4v) is 2.36. The lowest BCUT2D eigenvalue weighted by atomic mass is 10.1. The summed E-state index contributed by atoms with van der Waals surface area (Å²) in [6.45, 7) is 1.19. The molecule has 0 saturated carbocycles. The van der Waals surface area contributed by atoms with Gasteiger partial charge in [-0.15, -0.1) is 0 Å². The van der Waals surface area contributed by atoms with Gasteiger partial charge in [-0.25, -0.2) is 4.79 Å². The number of aliphatic carboxylic acids is 1. The van der Waals surface area contributed by atoms with Gasteiger partial charge in [-0.3, -0.25) is 9.69 Å². The quantitative estimate of drug-likeness (QED) is 0.833. The van der Waals surface area contributed by atoms with Gasteiger partial charge in [-0.1, -0.05) is 6.92 Å². The molecule has 1 aliphatic heterocycles. The number of anilines is 1. The van der Waals surface area contributed by atoms with E-state index < -0.39 is 17.9 Å². The Bertz CT molecular complexity index is 571. The van der Waals surface area contributed by atoms with Crippen LogP contribution in [0.2, 0.25) is 0 Å². The molecule has 0 fully saturated rings. The summed E-state index contributed by atoms with van der Waals surface area (Å²) in [6, 6.07) is 2.15. The maximum absolute atomic E-state index is 12.1. The summed E-state index contributed by atoms with van der Waals surface area (Å²) < 4.78 is 10.6. The largest absolute Gasteiger partial charge is 0.493 e. The van der Waals surface area contributed by atoms with Gasteiger partial charge in [-0.05, 0) is 24.1 Å². The van der Waals surface area contributed by atoms with E-state index in [9.17, 15) is 19.8 Å². The van der Waals surface area contributed by atoms with Crippen LogP contribution in [0.25, 0.3) is 0 Å². The molecule has 0 saturated heterocycles. The van der Waals surface area contributed by atoms with E-state index in [4.69, 9.17) is 9.47 Å². The third-order valence-electron chi connectivity index (χ3n) is 3.35. The second kappa shape index (κ2) is 6.01. The summed E-state index contributed by atoms with van der Waals surface area (Å²) >= 11 is 0. The first-order valence-electron chi connectivity index (χ1n) is 6.52. The van der Waals surface area contributed by atoms with Crippen molar-refractivity contribution in [1.82, 2.24) is 0 Å². The number of fused-ring (bicyclic) bond motifs is 1. The van der Waals surface area contributed by atoms with Crippen LogP contribution in [0.4, 0.5) is 5.69 Å². The van der Waals surface area contributed by atoms with Gasteiger partial charge in [0.2, 0.25) is 0 Å². The minimum absolute atomic E-state index is 0.244. The Labute approximate surface area is 121 Å². The first kappa shape index (κ1) is 15.1. The minimum atomic E-state index is -1.09. The van der Waals surface area contributed by atoms with Crippen LogP contribution in [0.3, 0.4) is 0 Å². The molecule has 21 heavy (non-hydrogen) atoms. The van der Waals surface area contributed by atoms with E-state index in [1.165, 1.54) is 12.0 Å². The van der Waals surface area contributed by atoms with Crippen molar-refractivity contribution >= 4 is 17.6 Å². The van der Waals surface area contributed by atoms with E-state index >= 15 is 0 Å². The number of aliphatic hydroxyl groups is 1. The minimum Gasteiger partial charge on any atom is -0.493 e. The van der Waals surface area contributed by atoms with Gasteiger partial charge >= 0.3 is 5.97 Å². The SMILES string of the molecule is CCC(C(=O)O)N1C(=O)COc2c(OC)cc(CO)cc21. The lowest BCUT2D eigenvalue weighted by Crippen LogP contribution is -2.49. The predicted octanol–water partition coefficient (Wildman–Crippen LogP) is 0.776. The van der Waals surface area contributed by atoms with Crippen molar-refractivity contribution in [3.63, 3.8) is 0 Å². The molecule has 1 amide bonds. The third kappa shape index (κ3) is 2.64. The number of benzene rings is 1. The molecule has 0 bridgehead atoms. The van der Waals surface area contributed by atoms with Gasteiger partial charge in [0.25, 0.3) is 5.91 Å². The van der Waals surface area contributed by atoms with E-state index in [1.54, 1.807) is 19.1 Å². The Balaban J connectivity index is 2.60. The van der Waals surface area contributed by atoms with Crippen molar-refractivity contribution < 1.29 is 29.3 Å². The molecule has 0 aliphatic carbocycles. The fourth-order valence-electron chi connectivity index (χ4n) is 2.36. The molecule has 114 valence electrons. The van der Waals surface area contributed by atoms with Crippen molar-refractivity contribution in [3.8, 4) is 11.5 Å². The zero-order valence-corrected chi connectivity index (χ0v) is 11.8. The number of amides is 1. The summed E-state index contributed by atoms with van der Waals surface area (Å²) in [5.41, 5.74) is 0.818. The Morgan fingerprint density at radius 3 is 2.76 bits per heavy atom. The molecule has 0 aromatic heterocycles. The topological polar surface area (TPSA) is 96.3 Å². The molecular weight excluding hydrogens is 278 g/mol. The summed E-state index contributed by atoms with van der Waals surface area (Å²) in [4.78, 5) is 24.7. The summed E-state index contributed by atoms with van der Waals surface area (Å²) in [5, 5.41) is 18.6. The monoisotopic (exact) mass is 295 g/mol. The molecule has 1 aromatic carbocycles. The molecule has 7 nitrogen and oxygen atoms in total. The van der Waals surface area contributed by atoms with E-state index in [1.807, 2.05) is 0 Å². The molecule has 1 unspecified atom stereocenters. The fraction of sp³-hybridized carbons (Fsp3) is 0.429. The highest BCUT2D eigenvalue weighted by atomic mass is 16.5. The van der Waals surface area contributed by atoms with Crippen LogP contribution < -0.4 is 14.4 Å². The highest BCUT2D eigenvalue weighted by molar-refractivity contribution is 6.03. The van der Waals surface area contributed by atoms with Crippen LogP contribution in [0.5, 0.6) is 11.5 Å². The number of nitrogens with zero attached hydrogens (tertiary/aromatic N) is 1.